The normalized spacial score (nSPS) is 18.2. The Morgan fingerprint density at radius 1 is 1.23 bits per heavy atom. The van der Waals surface area contributed by atoms with Gasteiger partial charge < -0.3 is 10.6 Å². The molecule has 4 rings (SSSR count). The molecule has 1 saturated heterocycles. The van der Waals surface area contributed by atoms with E-state index in [4.69, 9.17) is 10.7 Å². The summed E-state index contributed by atoms with van der Waals surface area (Å²) in [7, 11) is 0. The summed E-state index contributed by atoms with van der Waals surface area (Å²) < 4.78 is 1.27. The van der Waals surface area contributed by atoms with E-state index in [0.29, 0.717) is 11.7 Å². The number of rotatable bonds is 3. The Hall–Kier alpha value is -2.14. The van der Waals surface area contributed by atoms with Crippen LogP contribution in [0.4, 0.5) is 10.9 Å². The summed E-state index contributed by atoms with van der Waals surface area (Å²) in [6.45, 7) is 2.16. The molecule has 0 saturated carbocycles. The summed E-state index contributed by atoms with van der Waals surface area (Å²) in [6.07, 6.45) is 4.17. The zero-order chi connectivity index (χ0) is 14.9. The molecule has 1 fully saturated rings. The van der Waals surface area contributed by atoms with Crippen LogP contribution < -0.4 is 10.6 Å². The van der Waals surface area contributed by atoms with Gasteiger partial charge in [0.05, 0.1) is 10.2 Å². The van der Waals surface area contributed by atoms with Crippen molar-refractivity contribution in [2.24, 2.45) is 5.92 Å². The first-order valence-corrected chi connectivity index (χ1v) is 8.40. The Morgan fingerprint density at radius 2 is 2.14 bits per heavy atom. The van der Waals surface area contributed by atoms with Crippen LogP contribution in [-0.4, -0.2) is 23.1 Å². The molecule has 0 aliphatic carbocycles. The standard InChI is InChI=1S/C17H18N4S/c18-16-6-5-12(10-19-16)9-13-7-8-21(11-13)17-20-14-3-1-2-4-15(14)22-17/h1-6,10,13H,7-9,11H2,(H2,18,19). The summed E-state index contributed by atoms with van der Waals surface area (Å²) in [6, 6.07) is 12.3. The molecule has 1 unspecified atom stereocenters. The minimum absolute atomic E-state index is 0.589. The highest BCUT2D eigenvalue weighted by molar-refractivity contribution is 7.22. The first kappa shape index (κ1) is 13.5. The number of hydrogen-bond donors (Lipinski definition) is 1. The topological polar surface area (TPSA) is 55.0 Å². The minimum Gasteiger partial charge on any atom is -0.384 e. The zero-order valence-electron chi connectivity index (χ0n) is 12.3. The van der Waals surface area contributed by atoms with Gasteiger partial charge >= 0.3 is 0 Å². The monoisotopic (exact) mass is 310 g/mol. The van der Waals surface area contributed by atoms with E-state index in [9.17, 15) is 0 Å². The molecule has 0 amide bonds. The van der Waals surface area contributed by atoms with Crippen LogP contribution in [0.1, 0.15) is 12.0 Å². The van der Waals surface area contributed by atoms with Crippen molar-refractivity contribution in [3.05, 3.63) is 48.2 Å². The highest BCUT2D eigenvalue weighted by Crippen LogP contribution is 2.32. The molecule has 3 heterocycles. The summed E-state index contributed by atoms with van der Waals surface area (Å²) in [5.41, 5.74) is 8.02. The van der Waals surface area contributed by atoms with E-state index in [1.54, 1.807) is 11.3 Å². The van der Waals surface area contributed by atoms with Crippen molar-refractivity contribution < 1.29 is 0 Å². The molecule has 1 aliphatic heterocycles. The van der Waals surface area contributed by atoms with Crippen LogP contribution in [-0.2, 0) is 6.42 Å². The second-order valence-electron chi connectivity index (χ2n) is 5.86. The molecule has 1 aromatic carbocycles. The SMILES string of the molecule is Nc1ccc(CC2CCN(c3nc4ccccc4s3)C2)cn1. The van der Waals surface area contributed by atoms with E-state index in [1.165, 1.54) is 16.7 Å². The van der Waals surface area contributed by atoms with E-state index >= 15 is 0 Å². The molecule has 5 heteroatoms. The van der Waals surface area contributed by atoms with Crippen molar-refractivity contribution >= 4 is 32.5 Å². The third-order valence-corrected chi connectivity index (χ3v) is 5.31. The van der Waals surface area contributed by atoms with E-state index < -0.39 is 0 Å². The van der Waals surface area contributed by atoms with Gasteiger partial charge in [-0.1, -0.05) is 29.5 Å². The summed E-state index contributed by atoms with van der Waals surface area (Å²) in [5, 5.41) is 1.15. The maximum absolute atomic E-state index is 5.64. The number of aromatic nitrogens is 2. The Morgan fingerprint density at radius 3 is 2.95 bits per heavy atom. The van der Waals surface area contributed by atoms with Crippen LogP contribution in [0.2, 0.25) is 0 Å². The van der Waals surface area contributed by atoms with Gasteiger partial charge in [0.2, 0.25) is 0 Å². The molecule has 1 aliphatic rings. The van der Waals surface area contributed by atoms with Crippen LogP contribution in [0.25, 0.3) is 10.2 Å². The van der Waals surface area contributed by atoms with Gasteiger partial charge in [-0.3, -0.25) is 0 Å². The number of pyridine rings is 1. The summed E-state index contributed by atoms with van der Waals surface area (Å²) in [4.78, 5) is 11.4. The summed E-state index contributed by atoms with van der Waals surface area (Å²) in [5.74, 6) is 1.25. The third kappa shape index (κ3) is 2.64. The predicted molar refractivity (Wildman–Crippen MR) is 92.3 cm³/mol. The van der Waals surface area contributed by atoms with Gasteiger partial charge in [-0.15, -0.1) is 0 Å². The third-order valence-electron chi connectivity index (χ3n) is 4.21. The van der Waals surface area contributed by atoms with Gasteiger partial charge in [-0.05, 0) is 42.5 Å². The number of nitrogens with two attached hydrogens (primary N) is 1. The molecular formula is C17H18N4S. The molecule has 22 heavy (non-hydrogen) atoms. The Kier molecular flexibility index (Phi) is 3.42. The summed E-state index contributed by atoms with van der Waals surface area (Å²) >= 11 is 1.79. The lowest BCUT2D eigenvalue weighted by Crippen LogP contribution is -2.19. The highest BCUT2D eigenvalue weighted by Gasteiger charge is 2.25. The van der Waals surface area contributed by atoms with Gasteiger partial charge in [0, 0.05) is 19.3 Å². The second kappa shape index (κ2) is 5.57. The number of thiazole rings is 1. The number of nitrogens with zero attached hydrogens (tertiary/aromatic N) is 3. The van der Waals surface area contributed by atoms with Crippen LogP contribution in [0.5, 0.6) is 0 Å². The maximum Gasteiger partial charge on any atom is 0.186 e. The predicted octanol–water partition coefficient (Wildman–Crippen LogP) is 3.34. The maximum atomic E-state index is 5.64. The lowest BCUT2D eigenvalue weighted by Gasteiger charge is -2.14. The second-order valence-corrected chi connectivity index (χ2v) is 6.87. The van der Waals surface area contributed by atoms with Gasteiger partial charge in [-0.2, -0.15) is 0 Å². The number of benzene rings is 1. The minimum atomic E-state index is 0.589. The van der Waals surface area contributed by atoms with Gasteiger partial charge in [0.25, 0.3) is 0 Å². The molecule has 0 radical (unpaired) electrons. The zero-order valence-corrected chi connectivity index (χ0v) is 13.1. The van der Waals surface area contributed by atoms with E-state index in [2.05, 4.69) is 34.1 Å². The van der Waals surface area contributed by atoms with Crippen molar-refractivity contribution in [1.82, 2.24) is 9.97 Å². The van der Waals surface area contributed by atoms with E-state index in [-0.39, 0.29) is 0 Å². The smallest absolute Gasteiger partial charge is 0.186 e. The fourth-order valence-corrected chi connectivity index (χ4v) is 4.06. The lowest BCUT2D eigenvalue weighted by molar-refractivity contribution is 0.585. The van der Waals surface area contributed by atoms with Crippen molar-refractivity contribution in [3.63, 3.8) is 0 Å². The van der Waals surface area contributed by atoms with Crippen LogP contribution >= 0.6 is 11.3 Å². The van der Waals surface area contributed by atoms with Crippen molar-refractivity contribution in [1.29, 1.82) is 0 Å². The van der Waals surface area contributed by atoms with Crippen LogP contribution in [0, 0.1) is 5.92 Å². The van der Waals surface area contributed by atoms with E-state index in [1.807, 2.05) is 18.3 Å². The fourth-order valence-electron chi connectivity index (χ4n) is 3.06. The van der Waals surface area contributed by atoms with E-state index in [0.717, 1.165) is 30.2 Å². The Labute approximate surface area is 133 Å². The molecule has 2 aromatic heterocycles. The molecule has 2 N–H and O–H groups in total. The Bertz CT molecular complexity index is 748. The van der Waals surface area contributed by atoms with Crippen molar-refractivity contribution in [2.75, 3.05) is 23.7 Å². The lowest BCUT2D eigenvalue weighted by atomic mass is 10.00. The van der Waals surface area contributed by atoms with Crippen molar-refractivity contribution in [2.45, 2.75) is 12.8 Å². The van der Waals surface area contributed by atoms with Crippen LogP contribution in [0.3, 0.4) is 0 Å². The van der Waals surface area contributed by atoms with Gasteiger partial charge in [0.15, 0.2) is 5.13 Å². The quantitative estimate of drug-likeness (QED) is 0.806. The molecule has 4 nitrogen and oxygen atoms in total. The Balaban J connectivity index is 1.46. The number of nitrogen functional groups attached to an aromatic ring is 1. The largest absolute Gasteiger partial charge is 0.384 e. The molecular weight excluding hydrogens is 292 g/mol. The van der Waals surface area contributed by atoms with Gasteiger partial charge in [0.1, 0.15) is 5.82 Å². The number of fused-ring (bicyclic) bond motifs is 1. The average molecular weight is 310 g/mol. The number of hydrogen-bond acceptors (Lipinski definition) is 5. The van der Waals surface area contributed by atoms with Gasteiger partial charge in [-0.25, -0.2) is 9.97 Å². The number of anilines is 2. The fraction of sp³-hybridized carbons (Fsp3) is 0.294. The van der Waals surface area contributed by atoms with Crippen LogP contribution in [0.15, 0.2) is 42.6 Å². The highest BCUT2D eigenvalue weighted by atomic mass is 32.1. The molecule has 112 valence electrons. The van der Waals surface area contributed by atoms with Crippen molar-refractivity contribution in [3.8, 4) is 0 Å². The first-order chi connectivity index (χ1) is 10.8. The first-order valence-electron chi connectivity index (χ1n) is 7.59. The molecule has 1 atom stereocenters. The molecule has 0 bridgehead atoms. The average Bonchev–Trinajstić information content (AvgIpc) is 3.15. The molecule has 0 spiro atoms. The molecule has 3 aromatic rings. The number of para-hydroxylation sites is 1.